The zero-order valence-corrected chi connectivity index (χ0v) is 12.6. The van der Waals surface area contributed by atoms with Crippen molar-refractivity contribution in [2.24, 2.45) is 0 Å². The van der Waals surface area contributed by atoms with Gasteiger partial charge in [-0.15, -0.1) is 6.42 Å². The van der Waals surface area contributed by atoms with Crippen molar-refractivity contribution in [3.8, 4) is 23.5 Å². The molecule has 0 aliphatic heterocycles. The molecule has 0 amide bonds. The number of aliphatic hydroxyl groups excluding tert-OH is 1. The van der Waals surface area contributed by atoms with Crippen LogP contribution in [-0.2, 0) is 6.42 Å². The highest BCUT2D eigenvalue weighted by Gasteiger charge is 2.09. The van der Waals surface area contributed by atoms with Crippen molar-refractivity contribution in [2.75, 3.05) is 0 Å². The maximum atomic E-state index is 14.2. The van der Waals surface area contributed by atoms with Crippen LogP contribution in [0.15, 0.2) is 42.6 Å². The van der Waals surface area contributed by atoms with Crippen LogP contribution in [0.4, 0.5) is 4.39 Å². The number of terminal acetylenes is 1. The zero-order valence-electron chi connectivity index (χ0n) is 12.6. The summed E-state index contributed by atoms with van der Waals surface area (Å²) in [7, 11) is 0. The number of aryl methyl sites for hydroxylation is 1. The van der Waals surface area contributed by atoms with Crippen LogP contribution < -0.4 is 0 Å². The van der Waals surface area contributed by atoms with Gasteiger partial charge in [-0.2, -0.15) is 0 Å². The smallest absolute Gasteiger partial charge is 0.127 e. The molecule has 1 atom stereocenters. The minimum absolute atomic E-state index is 0.105. The summed E-state index contributed by atoms with van der Waals surface area (Å²) >= 11 is 0. The minimum Gasteiger partial charge on any atom is -0.380 e. The van der Waals surface area contributed by atoms with Crippen LogP contribution in [0.1, 0.15) is 11.4 Å². The summed E-state index contributed by atoms with van der Waals surface area (Å²) in [5.74, 6) is 2.52. The number of fused-ring (bicyclic) bond motifs is 1. The molecule has 3 nitrogen and oxygen atoms in total. The van der Waals surface area contributed by atoms with E-state index < -0.39 is 6.10 Å². The Morgan fingerprint density at radius 3 is 2.70 bits per heavy atom. The van der Waals surface area contributed by atoms with E-state index in [2.05, 4.69) is 15.9 Å². The molecule has 114 valence electrons. The van der Waals surface area contributed by atoms with Crippen molar-refractivity contribution < 1.29 is 9.50 Å². The first kappa shape index (κ1) is 15.1. The molecule has 4 heteroatoms. The van der Waals surface area contributed by atoms with Crippen molar-refractivity contribution in [3.05, 3.63) is 59.8 Å². The molecule has 0 saturated heterocycles. The Kier molecular flexibility index (Phi) is 4.05. The van der Waals surface area contributed by atoms with Gasteiger partial charge in [-0.1, -0.05) is 24.1 Å². The van der Waals surface area contributed by atoms with E-state index in [-0.39, 0.29) is 12.2 Å². The summed E-state index contributed by atoms with van der Waals surface area (Å²) in [6.07, 6.45) is 6.01. The lowest BCUT2D eigenvalue weighted by Gasteiger charge is -2.09. The van der Waals surface area contributed by atoms with Gasteiger partial charge in [-0.05, 0) is 41.8 Å². The number of nitrogens with zero attached hydrogens (tertiary/aromatic N) is 2. The van der Waals surface area contributed by atoms with Crippen LogP contribution in [0, 0.1) is 25.1 Å². The van der Waals surface area contributed by atoms with E-state index in [0.717, 1.165) is 22.0 Å². The Hall–Kier alpha value is -2.77. The third-order valence-corrected chi connectivity index (χ3v) is 3.69. The van der Waals surface area contributed by atoms with Gasteiger partial charge in [-0.3, -0.25) is 0 Å². The number of benzene rings is 2. The molecule has 0 saturated carbocycles. The van der Waals surface area contributed by atoms with Crippen molar-refractivity contribution in [3.63, 3.8) is 0 Å². The molecule has 0 aliphatic rings. The van der Waals surface area contributed by atoms with E-state index in [1.54, 1.807) is 12.3 Å². The molecular weight excluding hydrogens is 291 g/mol. The number of rotatable bonds is 3. The average molecular weight is 306 g/mol. The fourth-order valence-corrected chi connectivity index (χ4v) is 2.47. The summed E-state index contributed by atoms with van der Waals surface area (Å²) in [6.45, 7) is 1.84. The molecule has 0 aliphatic carbocycles. The van der Waals surface area contributed by atoms with Crippen LogP contribution in [0.3, 0.4) is 0 Å². The van der Waals surface area contributed by atoms with Gasteiger partial charge in [0.1, 0.15) is 17.7 Å². The van der Waals surface area contributed by atoms with Crippen molar-refractivity contribution >= 4 is 10.9 Å². The van der Waals surface area contributed by atoms with E-state index in [1.165, 1.54) is 6.07 Å². The van der Waals surface area contributed by atoms with E-state index in [0.29, 0.717) is 11.4 Å². The molecule has 3 rings (SSSR count). The minimum atomic E-state index is -0.976. The van der Waals surface area contributed by atoms with Gasteiger partial charge in [0, 0.05) is 18.0 Å². The van der Waals surface area contributed by atoms with Crippen LogP contribution in [0.5, 0.6) is 0 Å². The van der Waals surface area contributed by atoms with Gasteiger partial charge >= 0.3 is 0 Å². The predicted octanol–water partition coefficient (Wildman–Crippen LogP) is 3.28. The largest absolute Gasteiger partial charge is 0.380 e. The summed E-state index contributed by atoms with van der Waals surface area (Å²) in [6, 6.07) is 10.7. The van der Waals surface area contributed by atoms with Gasteiger partial charge in [-0.25, -0.2) is 14.4 Å². The topological polar surface area (TPSA) is 46.0 Å². The van der Waals surface area contributed by atoms with Gasteiger partial charge < -0.3 is 5.11 Å². The Bertz CT molecular complexity index is 915. The fourth-order valence-electron chi connectivity index (χ4n) is 2.47. The van der Waals surface area contributed by atoms with E-state index in [4.69, 9.17) is 6.42 Å². The predicted molar refractivity (Wildman–Crippen MR) is 88.2 cm³/mol. The fraction of sp³-hybridized carbons (Fsp3) is 0.158. The van der Waals surface area contributed by atoms with Crippen LogP contribution >= 0.6 is 0 Å². The van der Waals surface area contributed by atoms with Gasteiger partial charge in [0.05, 0.1) is 5.52 Å². The summed E-state index contributed by atoms with van der Waals surface area (Å²) in [4.78, 5) is 8.54. The van der Waals surface area contributed by atoms with E-state index >= 15 is 0 Å². The van der Waals surface area contributed by atoms with Crippen molar-refractivity contribution in [2.45, 2.75) is 19.4 Å². The summed E-state index contributed by atoms with van der Waals surface area (Å²) in [5.41, 5.74) is 2.89. The maximum Gasteiger partial charge on any atom is 0.127 e. The lowest BCUT2D eigenvalue weighted by atomic mass is 10.00. The molecule has 1 aromatic heterocycles. The molecule has 0 spiro atoms. The van der Waals surface area contributed by atoms with Gasteiger partial charge in [0.25, 0.3) is 0 Å². The molecule has 0 fully saturated rings. The maximum absolute atomic E-state index is 14.2. The third kappa shape index (κ3) is 3.20. The number of hydrogen-bond donors (Lipinski definition) is 1. The molecule has 23 heavy (non-hydrogen) atoms. The number of halogens is 1. The first-order valence-electron chi connectivity index (χ1n) is 7.23. The average Bonchev–Trinajstić information content (AvgIpc) is 2.56. The van der Waals surface area contributed by atoms with E-state index in [9.17, 15) is 9.50 Å². The lowest BCUT2D eigenvalue weighted by Crippen LogP contribution is -2.08. The Morgan fingerprint density at radius 2 is 1.96 bits per heavy atom. The zero-order chi connectivity index (χ0) is 16.4. The van der Waals surface area contributed by atoms with Crippen molar-refractivity contribution in [1.82, 2.24) is 9.97 Å². The second-order valence-corrected chi connectivity index (χ2v) is 5.38. The van der Waals surface area contributed by atoms with Crippen LogP contribution in [0.2, 0.25) is 0 Å². The summed E-state index contributed by atoms with van der Waals surface area (Å²) < 4.78 is 14.2. The Balaban J connectivity index is 1.97. The highest BCUT2D eigenvalue weighted by atomic mass is 19.1. The standard InChI is InChI=1S/C19H15FN2O/c1-3-17(23)9-15-5-4-14(10-18(15)20)13-6-7-19-16(8-13)11-21-12(2)22-19/h1,4-8,10-11,17,23H,9H2,2H3. The molecule has 2 aromatic carbocycles. The lowest BCUT2D eigenvalue weighted by molar-refractivity contribution is 0.232. The molecule has 1 unspecified atom stereocenters. The van der Waals surface area contributed by atoms with Gasteiger partial charge in [0.15, 0.2) is 0 Å². The molecular formula is C19H15FN2O. The van der Waals surface area contributed by atoms with Gasteiger partial charge in [0.2, 0.25) is 0 Å². The van der Waals surface area contributed by atoms with Crippen LogP contribution in [0.25, 0.3) is 22.0 Å². The highest BCUT2D eigenvalue weighted by Crippen LogP contribution is 2.25. The molecule has 1 heterocycles. The van der Waals surface area contributed by atoms with Crippen LogP contribution in [-0.4, -0.2) is 21.2 Å². The molecule has 3 aromatic rings. The molecule has 0 radical (unpaired) electrons. The summed E-state index contributed by atoms with van der Waals surface area (Å²) in [5, 5.41) is 10.3. The monoisotopic (exact) mass is 306 g/mol. The first-order valence-corrected chi connectivity index (χ1v) is 7.23. The quantitative estimate of drug-likeness (QED) is 0.755. The first-order chi connectivity index (χ1) is 11.1. The molecule has 1 N–H and O–H groups in total. The second-order valence-electron chi connectivity index (χ2n) is 5.38. The Labute approximate surface area is 133 Å². The van der Waals surface area contributed by atoms with Crippen molar-refractivity contribution in [1.29, 1.82) is 0 Å². The number of aliphatic hydroxyl groups is 1. The third-order valence-electron chi connectivity index (χ3n) is 3.69. The highest BCUT2D eigenvalue weighted by molar-refractivity contribution is 5.83. The Morgan fingerprint density at radius 1 is 1.22 bits per heavy atom. The second kappa shape index (κ2) is 6.15. The number of hydrogen-bond acceptors (Lipinski definition) is 3. The normalized spacial score (nSPS) is 12.1. The molecule has 0 bridgehead atoms. The SMILES string of the molecule is C#CC(O)Cc1ccc(-c2ccc3nc(C)ncc3c2)cc1F. The van der Waals surface area contributed by atoms with E-state index in [1.807, 2.05) is 31.2 Å². The number of aromatic nitrogens is 2.